The van der Waals surface area contributed by atoms with Gasteiger partial charge in [0, 0.05) is 5.25 Å². The SMILES string of the molecule is CC1CCC2CC1SCC2(C)C. The van der Waals surface area contributed by atoms with E-state index in [2.05, 4.69) is 32.5 Å². The fourth-order valence-electron chi connectivity index (χ4n) is 2.66. The molecule has 1 heteroatoms. The minimum atomic E-state index is 0.626. The molecule has 2 bridgehead atoms. The first-order chi connectivity index (χ1) is 5.59. The summed E-state index contributed by atoms with van der Waals surface area (Å²) in [5.74, 6) is 3.41. The number of hydrogen-bond acceptors (Lipinski definition) is 1. The lowest BCUT2D eigenvalue weighted by atomic mass is 9.69. The number of hydrogen-bond donors (Lipinski definition) is 0. The quantitative estimate of drug-likeness (QED) is 0.554. The molecule has 1 aliphatic heterocycles. The van der Waals surface area contributed by atoms with Crippen molar-refractivity contribution in [3.05, 3.63) is 0 Å². The van der Waals surface area contributed by atoms with Gasteiger partial charge in [-0.3, -0.25) is 0 Å². The smallest absolute Gasteiger partial charge is 0.00757 e. The van der Waals surface area contributed by atoms with Crippen molar-refractivity contribution in [2.24, 2.45) is 17.3 Å². The van der Waals surface area contributed by atoms with Crippen molar-refractivity contribution in [3.8, 4) is 0 Å². The summed E-state index contributed by atoms with van der Waals surface area (Å²) in [5.41, 5.74) is 0.626. The highest BCUT2D eigenvalue weighted by Crippen LogP contribution is 2.50. The van der Waals surface area contributed by atoms with Gasteiger partial charge in [-0.2, -0.15) is 11.8 Å². The summed E-state index contributed by atoms with van der Waals surface area (Å²) in [6.45, 7) is 7.35. The second-order valence-electron chi connectivity index (χ2n) is 5.33. The Labute approximate surface area is 80.5 Å². The Hall–Kier alpha value is 0.350. The first kappa shape index (κ1) is 8.93. The number of rotatable bonds is 0. The Balaban J connectivity index is 2.09. The van der Waals surface area contributed by atoms with Crippen LogP contribution in [0.5, 0.6) is 0 Å². The van der Waals surface area contributed by atoms with Crippen LogP contribution in [0.25, 0.3) is 0 Å². The molecule has 0 nitrogen and oxygen atoms in total. The molecule has 1 heterocycles. The Kier molecular flexibility index (Phi) is 2.18. The molecule has 0 aromatic heterocycles. The molecule has 2 rings (SSSR count). The van der Waals surface area contributed by atoms with Crippen LogP contribution >= 0.6 is 11.8 Å². The van der Waals surface area contributed by atoms with Crippen LogP contribution in [-0.4, -0.2) is 11.0 Å². The molecule has 12 heavy (non-hydrogen) atoms. The average Bonchev–Trinajstić information content (AvgIpc) is 2.02. The summed E-state index contributed by atoms with van der Waals surface area (Å²) < 4.78 is 0. The van der Waals surface area contributed by atoms with Crippen LogP contribution in [0.15, 0.2) is 0 Å². The molecule has 0 radical (unpaired) electrons. The van der Waals surface area contributed by atoms with Gasteiger partial charge in [-0.15, -0.1) is 0 Å². The van der Waals surface area contributed by atoms with Gasteiger partial charge in [0.05, 0.1) is 0 Å². The van der Waals surface area contributed by atoms with E-state index in [1.54, 1.807) is 0 Å². The summed E-state index contributed by atoms with van der Waals surface area (Å²) in [7, 11) is 0. The van der Waals surface area contributed by atoms with E-state index < -0.39 is 0 Å². The monoisotopic (exact) mass is 184 g/mol. The van der Waals surface area contributed by atoms with Gasteiger partial charge in [0.2, 0.25) is 0 Å². The molecule has 3 unspecified atom stereocenters. The van der Waals surface area contributed by atoms with Crippen molar-refractivity contribution in [1.29, 1.82) is 0 Å². The normalized spacial score (nSPS) is 45.8. The maximum absolute atomic E-state index is 2.46. The molecule has 0 spiro atoms. The second-order valence-corrected chi connectivity index (χ2v) is 6.55. The maximum Gasteiger partial charge on any atom is 0.00757 e. The van der Waals surface area contributed by atoms with E-state index in [-0.39, 0.29) is 0 Å². The van der Waals surface area contributed by atoms with Gasteiger partial charge in [0.15, 0.2) is 0 Å². The van der Waals surface area contributed by atoms with Crippen LogP contribution in [-0.2, 0) is 0 Å². The molecule has 2 fully saturated rings. The van der Waals surface area contributed by atoms with Gasteiger partial charge in [-0.05, 0) is 42.3 Å². The zero-order chi connectivity index (χ0) is 8.77. The Bertz CT molecular complexity index is 174. The molecular formula is C11H20S. The van der Waals surface area contributed by atoms with Crippen molar-refractivity contribution in [2.75, 3.05) is 5.75 Å². The Morgan fingerprint density at radius 2 is 2.00 bits per heavy atom. The Morgan fingerprint density at radius 1 is 1.25 bits per heavy atom. The van der Waals surface area contributed by atoms with Crippen LogP contribution in [0.4, 0.5) is 0 Å². The molecule has 0 aromatic rings. The molecule has 3 atom stereocenters. The van der Waals surface area contributed by atoms with E-state index in [1.807, 2.05) is 0 Å². The van der Waals surface area contributed by atoms with Crippen molar-refractivity contribution in [3.63, 3.8) is 0 Å². The van der Waals surface area contributed by atoms with E-state index in [4.69, 9.17) is 0 Å². The van der Waals surface area contributed by atoms with E-state index in [1.165, 1.54) is 25.0 Å². The van der Waals surface area contributed by atoms with E-state index in [0.29, 0.717) is 5.41 Å². The van der Waals surface area contributed by atoms with Crippen LogP contribution in [0, 0.1) is 17.3 Å². The minimum Gasteiger partial charge on any atom is -0.158 e. The van der Waals surface area contributed by atoms with Crippen LogP contribution in [0.1, 0.15) is 40.0 Å². The van der Waals surface area contributed by atoms with E-state index >= 15 is 0 Å². The van der Waals surface area contributed by atoms with Crippen molar-refractivity contribution < 1.29 is 0 Å². The van der Waals surface area contributed by atoms with Gasteiger partial charge in [0.25, 0.3) is 0 Å². The van der Waals surface area contributed by atoms with Gasteiger partial charge in [-0.1, -0.05) is 20.8 Å². The first-order valence-electron chi connectivity index (χ1n) is 5.21. The molecule has 70 valence electrons. The predicted molar refractivity (Wildman–Crippen MR) is 56.5 cm³/mol. The lowest BCUT2D eigenvalue weighted by Gasteiger charge is -2.47. The highest BCUT2D eigenvalue weighted by molar-refractivity contribution is 8.00. The minimum absolute atomic E-state index is 0.626. The highest BCUT2D eigenvalue weighted by Gasteiger charge is 2.41. The summed E-state index contributed by atoms with van der Waals surface area (Å²) in [4.78, 5) is 0. The van der Waals surface area contributed by atoms with Crippen LogP contribution in [0.2, 0.25) is 0 Å². The lowest BCUT2D eigenvalue weighted by molar-refractivity contribution is 0.152. The van der Waals surface area contributed by atoms with Crippen molar-refractivity contribution >= 4 is 11.8 Å². The summed E-state index contributed by atoms with van der Waals surface area (Å²) >= 11 is 2.23. The number of fused-ring (bicyclic) bond motifs is 2. The number of thioether (sulfide) groups is 1. The fraction of sp³-hybridized carbons (Fsp3) is 1.00. The zero-order valence-electron chi connectivity index (χ0n) is 8.47. The highest BCUT2D eigenvalue weighted by atomic mass is 32.2. The lowest BCUT2D eigenvalue weighted by Crippen LogP contribution is -2.40. The maximum atomic E-state index is 2.46. The summed E-state index contributed by atoms with van der Waals surface area (Å²) in [6.07, 6.45) is 4.47. The summed E-state index contributed by atoms with van der Waals surface area (Å²) in [6, 6.07) is 0. The third-order valence-electron chi connectivity index (χ3n) is 3.90. The third kappa shape index (κ3) is 1.41. The Morgan fingerprint density at radius 3 is 2.75 bits per heavy atom. The first-order valence-corrected chi connectivity index (χ1v) is 6.26. The van der Waals surface area contributed by atoms with Crippen LogP contribution in [0.3, 0.4) is 0 Å². The average molecular weight is 184 g/mol. The molecule has 2 aliphatic rings. The molecular weight excluding hydrogens is 164 g/mol. The molecule has 0 N–H and O–H groups in total. The topological polar surface area (TPSA) is 0 Å². The van der Waals surface area contributed by atoms with Gasteiger partial charge in [-0.25, -0.2) is 0 Å². The largest absolute Gasteiger partial charge is 0.158 e. The molecule has 0 aromatic carbocycles. The standard InChI is InChI=1S/C11H20S/c1-8-4-5-9-6-10(8)12-7-11(9,2)3/h8-10H,4-7H2,1-3H3. The molecule has 0 amide bonds. The zero-order valence-corrected chi connectivity index (χ0v) is 9.29. The molecule has 1 saturated heterocycles. The fourth-order valence-corrected chi connectivity index (χ4v) is 4.37. The molecule has 1 saturated carbocycles. The van der Waals surface area contributed by atoms with E-state index in [0.717, 1.165) is 17.1 Å². The van der Waals surface area contributed by atoms with E-state index in [9.17, 15) is 0 Å². The second kappa shape index (κ2) is 2.94. The van der Waals surface area contributed by atoms with Gasteiger partial charge < -0.3 is 0 Å². The predicted octanol–water partition coefficient (Wildman–Crippen LogP) is 3.56. The van der Waals surface area contributed by atoms with Crippen molar-refractivity contribution in [1.82, 2.24) is 0 Å². The van der Waals surface area contributed by atoms with Gasteiger partial charge in [0.1, 0.15) is 0 Å². The van der Waals surface area contributed by atoms with Crippen LogP contribution < -0.4 is 0 Å². The summed E-state index contributed by atoms with van der Waals surface area (Å²) in [5, 5.41) is 0.997. The molecule has 1 aliphatic carbocycles. The third-order valence-corrected chi connectivity index (χ3v) is 5.89. The van der Waals surface area contributed by atoms with Gasteiger partial charge >= 0.3 is 0 Å². The van der Waals surface area contributed by atoms with Crippen molar-refractivity contribution in [2.45, 2.75) is 45.3 Å².